The summed E-state index contributed by atoms with van der Waals surface area (Å²) in [6, 6.07) is 4.95. The monoisotopic (exact) mass is 286 g/mol. The molecular formula is C12H12Cl2N2O2. The van der Waals surface area contributed by atoms with Gasteiger partial charge in [0.1, 0.15) is 0 Å². The number of imide groups is 1. The Kier molecular flexibility index (Phi) is 4.09. The molecule has 0 saturated carbocycles. The fourth-order valence-corrected chi connectivity index (χ4v) is 2.30. The van der Waals surface area contributed by atoms with E-state index < -0.39 is 0 Å². The molecule has 0 aliphatic carbocycles. The first-order valence-corrected chi connectivity index (χ1v) is 6.34. The Morgan fingerprint density at radius 3 is 2.72 bits per heavy atom. The van der Waals surface area contributed by atoms with E-state index in [0.717, 1.165) is 5.56 Å². The van der Waals surface area contributed by atoms with Crippen LogP contribution in [-0.2, 0) is 11.2 Å². The Labute approximate surface area is 115 Å². The molecule has 0 atom stereocenters. The molecule has 0 aromatic heterocycles. The molecule has 6 heteroatoms. The summed E-state index contributed by atoms with van der Waals surface area (Å²) in [5.74, 6) is -0.222. The van der Waals surface area contributed by atoms with Gasteiger partial charge in [-0.05, 0) is 24.1 Å². The number of amides is 3. The Morgan fingerprint density at radius 1 is 1.28 bits per heavy atom. The van der Waals surface area contributed by atoms with E-state index in [0.29, 0.717) is 36.0 Å². The summed E-state index contributed by atoms with van der Waals surface area (Å²) in [5, 5.41) is 3.46. The molecule has 18 heavy (non-hydrogen) atoms. The second-order valence-corrected chi connectivity index (χ2v) is 4.92. The van der Waals surface area contributed by atoms with E-state index in [-0.39, 0.29) is 11.9 Å². The summed E-state index contributed by atoms with van der Waals surface area (Å²) >= 11 is 11.9. The minimum atomic E-state index is -0.337. The first-order valence-electron chi connectivity index (χ1n) is 5.59. The lowest BCUT2D eigenvalue weighted by molar-refractivity contribution is -0.121. The van der Waals surface area contributed by atoms with Crippen LogP contribution in [0.25, 0.3) is 0 Å². The highest BCUT2D eigenvalue weighted by molar-refractivity contribution is 6.35. The van der Waals surface area contributed by atoms with Crippen LogP contribution < -0.4 is 5.32 Å². The van der Waals surface area contributed by atoms with E-state index in [9.17, 15) is 9.59 Å². The van der Waals surface area contributed by atoms with Crippen LogP contribution in [0, 0.1) is 0 Å². The van der Waals surface area contributed by atoms with E-state index in [4.69, 9.17) is 23.2 Å². The minimum absolute atomic E-state index is 0.222. The predicted octanol–water partition coefficient (Wildman–Crippen LogP) is 2.48. The molecule has 1 N–H and O–H groups in total. The van der Waals surface area contributed by atoms with Crippen molar-refractivity contribution >= 4 is 35.1 Å². The molecule has 1 aliphatic rings. The minimum Gasteiger partial charge on any atom is -0.324 e. The molecule has 2 rings (SSSR count). The third kappa shape index (κ3) is 3.15. The van der Waals surface area contributed by atoms with Crippen molar-refractivity contribution in [1.29, 1.82) is 0 Å². The zero-order chi connectivity index (χ0) is 13.1. The predicted molar refractivity (Wildman–Crippen MR) is 69.9 cm³/mol. The SMILES string of the molecule is O=C1CCN(CCc2ccc(Cl)cc2Cl)C(=O)N1. The first kappa shape index (κ1) is 13.2. The maximum atomic E-state index is 11.5. The molecule has 96 valence electrons. The van der Waals surface area contributed by atoms with Gasteiger partial charge >= 0.3 is 6.03 Å². The highest BCUT2D eigenvalue weighted by atomic mass is 35.5. The van der Waals surface area contributed by atoms with Gasteiger partial charge in [0, 0.05) is 29.6 Å². The average Bonchev–Trinajstić information content (AvgIpc) is 2.30. The van der Waals surface area contributed by atoms with Gasteiger partial charge in [-0.15, -0.1) is 0 Å². The summed E-state index contributed by atoms with van der Waals surface area (Å²) in [5.41, 5.74) is 0.936. The molecule has 1 heterocycles. The standard InChI is InChI=1S/C12H12Cl2N2O2/c13-9-2-1-8(10(14)7-9)3-5-16-6-4-11(17)15-12(16)18/h1-2,7H,3-6H2,(H,15,17,18). The lowest BCUT2D eigenvalue weighted by Gasteiger charge is -2.26. The van der Waals surface area contributed by atoms with Gasteiger partial charge in [-0.2, -0.15) is 0 Å². The molecule has 1 saturated heterocycles. The molecule has 3 amide bonds. The fourth-order valence-electron chi connectivity index (χ4n) is 1.79. The fraction of sp³-hybridized carbons (Fsp3) is 0.333. The number of benzene rings is 1. The maximum Gasteiger partial charge on any atom is 0.324 e. The number of halogens is 2. The van der Waals surface area contributed by atoms with Crippen LogP contribution in [0.3, 0.4) is 0 Å². The van der Waals surface area contributed by atoms with Gasteiger partial charge in [-0.3, -0.25) is 10.1 Å². The van der Waals surface area contributed by atoms with Crippen molar-refractivity contribution in [3.8, 4) is 0 Å². The molecule has 1 aliphatic heterocycles. The van der Waals surface area contributed by atoms with Crippen LogP contribution in [0.2, 0.25) is 10.0 Å². The average molecular weight is 287 g/mol. The van der Waals surface area contributed by atoms with E-state index in [1.165, 1.54) is 0 Å². The second-order valence-electron chi connectivity index (χ2n) is 4.08. The quantitative estimate of drug-likeness (QED) is 0.928. The molecule has 0 radical (unpaired) electrons. The first-order chi connectivity index (χ1) is 8.56. The maximum absolute atomic E-state index is 11.5. The zero-order valence-electron chi connectivity index (χ0n) is 9.58. The zero-order valence-corrected chi connectivity index (χ0v) is 11.1. The van der Waals surface area contributed by atoms with Crippen molar-refractivity contribution in [2.24, 2.45) is 0 Å². The number of nitrogens with one attached hydrogen (secondary N) is 1. The Balaban J connectivity index is 1.95. The van der Waals surface area contributed by atoms with Crippen molar-refractivity contribution in [1.82, 2.24) is 10.2 Å². The third-order valence-corrected chi connectivity index (χ3v) is 3.40. The number of urea groups is 1. The number of carbonyl (C=O) groups is 2. The van der Waals surface area contributed by atoms with Crippen LogP contribution in [0.1, 0.15) is 12.0 Å². The van der Waals surface area contributed by atoms with E-state index in [2.05, 4.69) is 5.32 Å². The van der Waals surface area contributed by atoms with Gasteiger partial charge in [0.15, 0.2) is 0 Å². The van der Waals surface area contributed by atoms with E-state index in [1.807, 2.05) is 6.07 Å². The Bertz CT molecular complexity index is 491. The van der Waals surface area contributed by atoms with Crippen LogP contribution >= 0.6 is 23.2 Å². The highest BCUT2D eigenvalue weighted by Crippen LogP contribution is 2.21. The molecular weight excluding hydrogens is 275 g/mol. The number of hydrogen-bond acceptors (Lipinski definition) is 2. The van der Waals surface area contributed by atoms with Crippen LogP contribution in [0.5, 0.6) is 0 Å². The van der Waals surface area contributed by atoms with E-state index >= 15 is 0 Å². The van der Waals surface area contributed by atoms with Gasteiger partial charge < -0.3 is 4.90 Å². The van der Waals surface area contributed by atoms with Crippen LogP contribution in [0.15, 0.2) is 18.2 Å². The number of carbonyl (C=O) groups excluding carboxylic acids is 2. The van der Waals surface area contributed by atoms with Crippen LogP contribution in [0.4, 0.5) is 4.79 Å². The van der Waals surface area contributed by atoms with Gasteiger partial charge in [0.05, 0.1) is 0 Å². The van der Waals surface area contributed by atoms with Crippen molar-refractivity contribution in [3.63, 3.8) is 0 Å². The Hall–Kier alpha value is -1.26. The van der Waals surface area contributed by atoms with Crippen molar-refractivity contribution < 1.29 is 9.59 Å². The molecule has 4 nitrogen and oxygen atoms in total. The topological polar surface area (TPSA) is 49.4 Å². The van der Waals surface area contributed by atoms with Gasteiger partial charge in [0.2, 0.25) is 5.91 Å². The van der Waals surface area contributed by atoms with Gasteiger partial charge in [0.25, 0.3) is 0 Å². The third-order valence-electron chi connectivity index (χ3n) is 2.81. The normalized spacial score (nSPS) is 15.8. The van der Waals surface area contributed by atoms with Crippen LogP contribution in [-0.4, -0.2) is 29.9 Å². The van der Waals surface area contributed by atoms with E-state index in [1.54, 1.807) is 17.0 Å². The summed E-state index contributed by atoms with van der Waals surface area (Å²) in [7, 11) is 0. The number of rotatable bonds is 3. The summed E-state index contributed by atoms with van der Waals surface area (Å²) in [4.78, 5) is 24.1. The van der Waals surface area contributed by atoms with Gasteiger partial charge in [-0.25, -0.2) is 4.79 Å². The lowest BCUT2D eigenvalue weighted by atomic mass is 10.1. The van der Waals surface area contributed by atoms with Crippen molar-refractivity contribution in [2.45, 2.75) is 12.8 Å². The highest BCUT2D eigenvalue weighted by Gasteiger charge is 2.22. The summed E-state index contributed by atoms with van der Waals surface area (Å²) in [6.45, 7) is 0.982. The largest absolute Gasteiger partial charge is 0.324 e. The molecule has 1 fully saturated rings. The van der Waals surface area contributed by atoms with Gasteiger partial charge in [-0.1, -0.05) is 29.3 Å². The molecule has 1 aromatic rings. The summed E-state index contributed by atoms with van der Waals surface area (Å²) < 4.78 is 0. The molecule has 0 bridgehead atoms. The smallest absolute Gasteiger partial charge is 0.324 e. The van der Waals surface area contributed by atoms with Crippen molar-refractivity contribution in [2.75, 3.05) is 13.1 Å². The second kappa shape index (κ2) is 5.59. The number of hydrogen-bond donors (Lipinski definition) is 1. The molecule has 0 spiro atoms. The summed E-state index contributed by atoms with van der Waals surface area (Å²) in [6.07, 6.45) is 0.984. The Morgan fingerprint density at radius 2 is 2.06 bits per heavy atom. The molecule has 1 aromatic carbocycles. The molecule has 0 unspecified atom stereocenters. The number of nitrogens with zero attached hydrogens (tertiary/aromatic N) is 1. The van der Waals surface area contributed by atoms with Crippen molar-refractivity contribution in [3.05, 3.63) is 33.8 Å². The lowest BCUT2D eigenvalue weighted by Crippen LogP contribution is -2.49.